The molecule has 0 saturated heterocycles. The van der Waals surface area contributed by atoms with Crippen molar-refractivity contribution in [1.29, 1.82) is 0 Å². The van der Waals surface area contributed by atoms with Crippen molar-refractivity contribution in [3.63, 3.8) is 0 Å². The van der Waals surface area contributed by atoms with Crippen molar-refractivity contribution < 1.29 is 0 Å². The summed E-state index contributed by atoms with van der Waals surface area (Å²) < 4.78 is 0. The molecule has 1 heterocycles. The highest BCUT2D eigenvalue weighted by atomic mass is 14.9. The van der Waals surface area contributed by atoms with E-state index in [-0.39, 0.29) is 0 Å². The van der Waals surface area contributed by atoms with Crippen LogP contribution in [0.5, 0.6) is 0 Å². The zero-order chi connectivity index (χ0) is 11.9. The Kier molecular flexibility index (Phi) is 4.99. The van der Waals surface area contributed by atoms with Gasteiger partial charge in [0, 0.05) is 17.9 Å². The maximum Gasteiger partial charge on any atom is 0.0404 e. The number of nitrogens with one attached hydrogen (secondary N) is 1. The normalized spacial score (nSPS) is 19.1. The van der Waals surface area contributed by atoms with Crippen LogP contribution in [0.15, 0.2) is 24.4 Å². The third-order valence-electron chi connectivity index (χ3n) is 4.03. The fourth-order valence-corrected chi connectivity index (χ4v) is 3.00. The fourth-order valence-electron chi connectivity index (χ4n) is 3.00. The molecule has 2 rings (SSSR count). The van der Waals surface area contributed by atoms with Crippen LogP contribution in [0, 0.1) is 5.92 Å². The molecule has 0 bridgehead atoms. The minimum Gasteiger partial charge on any atom is -0.317 e. The van der Waals surface area contributed by atoms with Crippen molar-refractivity contribution in [2.45, 2.75) is 51.0 Å². The number of pyridine rings is 1. The average molecular weight is 232 g/mol. The Bertz CT molecular complexity index is 304. The minimum atomic E-state index is 0.678. The largest absolute Gasteiger partial charge is 0.317 e. The molecular formula is C15H24N2. The molecule has 1 aromatic rings. The summed E-state index contributed by atoms with van der Waals surface area (Å²) in [4.78, 5) is 4.40. The molecule has 0 radical (unpaired) electrons. The van der Waals surface area contributed by atoms with Gasteiger partial charge in [0.25, 0.3) is 0 Å². The van der Waals surface area contributed by atoms with Gasteiger partial charge in [-0.05, 0) is 50.8 Å². The second-order valence-corrected chi connectivity index (χ2v) is 5.15. The molecule has 1 unspecified atom stereocenters. The molecule has 94 valence electrons. The van der Waals surface area contributed by atoms with Crippen molar-refractivity contribution in [2.24, 2.45) is 5.92 Å². The van der Waals surface area contributed by atoms with E-state index in [4.69, 9.17) is 0 Å². The van der Waals surface area contributed by atoms with Crippen molar-refractivity contribution in [2.75, 3.05) is 7.05 Å². The Morgan fingerprint density at radius 1 is 1.29 bits per heavy atom. The summed E-state index contributed by atoms with van der Waals surface area (Å²) in [5.41, 5.74) is 1.23. The lowest BCUT2D eigenvalue weighted by molar-refractivity contribution is 0.267. The molecule has 1 saturated carbocycles. The van der Waals surface area contributed by atoms with E-state index in [0.29, 0.717) is 6.04 Å². The van der Waals surface area contributed by atoms with Crippen molar-refractivity contribution >= 4 is 0 Å². The first kappa shape index (κ1) is 12.6. The Morgan fingerprint density at radius 3 is 2.76 bits per heavy atom. The highest BCUT2D eigenvalue weighted by Gasteiger charge is 2.21. The molecule has 0 aliphatic heterocycles. The summed E-state index contributed by atoms with van der Waals surface area (Å²) in [7, 11) is 2.11. The van der Waals surface area contributed by atoms with Gasteiger partial charge in [-0.15, -0.1) is 0 Å². The molecule has 1 atom stereocenters. The van der Waals surface area contributed by atoms with Gasteiger partial charge in [0.15, 0.2) is 0 Å². The van der Waals surface area contributed by atoms with Crippen LogP contribution in [0.3, 0.4) is 0 Å². The predicted octanol–water partition coefficient (Wildman–Crippen LogP) is 3.18. The molecule has 2 heteroatoms. The van der Waals surface area contributed by atoms with E-state index in [1.165, 1.54) is 44.2 Å². The SMILES string of the molecule is CNC(CCc1ccccn1)C1CCCCC1. The first-order valence-electron chi connectivity index (χ1n) is 6.97. The Labute approximate surface area is 105 Å². The van der Waals surface area contributed by atoms with E-state index in [2.05, 4.69) is 29.5 Å². The van der Waals surface area contributed by atoms with E-state index in [1.54, 1.807) is 0 Å². The molecule has 2 nitrogen and oxygen atoms in total. The number of nitrogens with zero attached hydrogens (tertiary/aromatic N) is 1. The lowest BCUT2D eigenvalue weighted by atomic mass is 9.82. The second-order valence-electron chi connectivity index (χ2n) is 5.15. The Balaban J connectivity index is 1.82. The van der Waals surface area contributed by atoms with Crippen LogP contribution in [0.25, 0.3) is 0 Å². The third kappa shape index (κ3) is 3.81. The molecule has 0 amide bonds. The van der Waals surface area contributed by atoms with E-state index < -0.39 is 0 Å². The lowest BCUT2D eigenvalue weighted by Crippen LogP contribution is -2.35. The first-order valence-corrected chi connectivity index (χ1v) is 6.97. The van der Waals surface area contributed by atoms with Crippen LogP contribution in [0.4, 0.5) is 0 Å². The van der Waals surface area contributed by atoms with Gasteiger partial charge in [0.1, 0.15) is 0 Å². The lowest BCUT2D eigenvalue weighted by Gasteiger charge is -2.30. The van der Waals surface area contributed by atoms with Crippen LogP contribution in [-0.2, 0) is 6.42 Å². The van der Waals surface area contributed by atoms with E-state index in [9.17, 15) is 0 Å². The van der Waals surface area contributed by atoms with Crippen molar-refractivity contribution in [1.82, 2.24) is 10.3 Å². The highest BCUT2D eigenvalue weighted by Crippen LogP contribution is 2.28. The van der Waals surface area contributed by atoms with Gasteiger partial charge in [-0.3, -0.25) is 4.98 Å². The van der Waals surface area contributed by atoms with E-state index in [1.807, 2.05) is 12.3 Å². The van der Waals surface area contributed by atoms with Crippen LogP contribution in [0.1, 0.15) is 44.2 Å². The zero-order valence-electron chi connectivity index (χ0n) is 10.9. The average Bonchev–Trinajstić information content (AvgIpc) is 2.42. The first-order chi connectivity index (χ1) is 8.40. The summed E-state index contributed by atoms with van der Waals surface area (Å²) in [5, 5.41) is 3.51. The molecule has 0 aromatic carbocycles. The van der Waals surface area contributed by atoms with Gasteiger partial charge in [0.2, 0.25) is 0 Å². The van der Waals surface area contributed by atoms with Crippen molar-refractivity contribution in [3.05, 3.63) is 30.1 Å². The Hall–Kier alpha value is -0.890. The van der Waals surface area contributed by atoms with Gasteiger partial charge in [0.05, 0.1) is 0 Å². The van der Waals surface area contributed by atoms with E-state index in [0.717, 1.165) is 12.3 Å². The number of aryl methyl sites for hydroxylation is 1. The highest BCUT2D eigenvalue weighted by molar-refractivity contribution is 5.04. The molecular weight excluding hydrogens is 208 g/mol. The Morgan fingerprint density at radius 2 is 2.12 bits per heavy atom. The summed E-state index contributed by atoms with van der Waals surface area (Å²) in [6.07, 6.45) is 11.3. The van der Waals surface area contributed by atoms with Gasteiger partial charge >= 0.3 is 0 Å². The van der Waals surface area contributed by atoms with Gasteiger partial charge in [-0.2, -0.15) is 0 Å². The molecule has 17 heavy (non-hydrogen) atoms. The molecule has 1 fully saturated rings. The second kappa shape index (κ2) is 6.75. The standard InChI is InChI=1S/C15H24N2/c1-16-15(13-7-3-2-4-8-13)11-10-14-9-5-6-12-17-14/h5-6,9,12-13,15-16H,2-4,7-8,10-11H2,1H3. The number of aromatic nitrogens is 1. The van der Waals surface area contributed by atoms with Crippen LogP contribution >= 0.6 is 0 Å². The molecule has 1 aliphatic carbocycles. The van der Waals surface area contributed by atoms with Crippen LogP contribution < -0.4 is 5.32 Å². The number of hydrogen-bond acceptors (Lipinski definition) is 2. The molecule has 1 aliphatic rings. The summed E-state index contributed by atoms with van der Waals surface area (Å²) >= 11 is 0. The maximum absolute atomic E-state index is 4.40. The summed E-state index contributed by atoms with van der Waals surface area (Å²) in [5.74, 6) is 0.887. The predicted molar refractivity (Wildman–Crippen MR) is 72.0 cm³/mol. The topological polar surface area (TPSA) is 24.9 Å². The van der Waals surface area contributed by atoms with Crippen LogP contribution in [-0.4, -0.2) is 18.1 Å². The quantitative estimate of drug-likeness (QED) is 0.843. The smallest absolute Gasteiger partial charge is 0.0404 e. The van der Waals surface area contributed by atoms with Crippen LogP contribution in [0.2, 0.25) is 0 Å². The number of rotatable bonds is 5. The maximum atomic E-state index is 4.40. The van der Waals surface area contributed by atoms with E-state index >= 15 is 0 Å². The van der Waals surface area contributed by atoms with Gasteiger partial charge in [-0.1, -0.05) is 25.3 Å². The molecule has 1 N–H and O–H groups in total. The summed E-state index contributed by atoms with van der Waals surface area (Å²) in [6.45, 7) is 0. The van der Waals surface area contributed by atoms with Crippen molar-refractivity contribution in [3.8, 4) is 0 Å². The summed E-state index contributed by atoms with van der Waals surface area (Å²) in [6, 6.07) is 6.88. The van der Waals surface area contributed by atoms with Gasteiger partial charge in [-0.25, -0.2) is 0 Å². The number of hydrogen-bond donors (Lipinski definition) is 1. The van der Waals surface area contributed by atoms with Gasteiger partial charge < -0.3 is 5.32 Å². The monoisotopic (exact) mass is 232 g/mol. The zero-order valence-corrected chi connectivity index (χ0v) is 10.9. The minimum absolute atomic E-state index is 0.678. The fraction of sp³-hybridized carbons (Fsp3) is 0.667. The molecule has 1 aromatic heterocycles. The third-order valence-corrected chi connectivity index (χ3v) is 4.03. The molecule has 0 spiro atoms.